The zero-order valence-electron chi connectivity index (χ0n) is 18.7. The molecule has 1 aliphatic heterocycles. The predicted molar refractivity (Wildman–Crippen MR) is 128 cm³/mol. The molecule has 0 fully saturated rings. The number of nitrogens with zero attached hydrogens (tertiary/aromatic N) is 3. The molecule has 0 saturated heterocycles. The first-order valence-electron chi connectivity index (χ1n) is 10.8. The Bertz CT molecular complexity index is 1600. The molecule has 1 unspecified atom stereocenters. The van der Waals surface area contributed by atoms with Crippen LogP contribution >= 0.6 is 0 Å². The monoisotopic (exact) mass is 487 g/mol. The van der Waals surface area contributed by atoms with E-state index >= 15 is 0 Å². The van der Waals surface area contributed by atoms with Crippen molar-refractivity contribution in [3.63, 3.8) is 0 Å². The SMILES string of the molecule is COc1ccc2c(c1)c(C1c3ccccc3S(=O)(=O)N1Cc1ccc(C#N)cc1)cn2CC(=O)O. The Morgan fingerprint density at radius 1 is 1.09 bits per heavy atom. The number of sulfonamides is 1. The van der Waals surface area contributed by atoms with Crippen molar-refractivity contribution in [1.29, 1.82) is 5.26 Å². The minimum Gasteiger partial charge on any atom is -0.497 e. The van der Waals surface area contributed by atoms with Crippen molar-refractivity contribution in [2.75, 3.05) is 7.11 Å². The van der Waals surface area contributed by atoms with Gasteiger partial charge in [-0.1, -0.05) is 30.3 Å². The van der Waals surface area contributed by atoms with E-state index in [1.807, 2.05) is 0 Å². The van der Waals surface area contributed by atoms with Gasteiger partial charge in [0.1, 0.15) is 12.3 Å². The highest BCUT2D eigenvalue weighted by atomic mass is 32.2. The molecule has 0 amide bonds. The molecule has 1 atom stereocenters. The van der Waals surface area contributed by atoms with Gasteiger partial charge < -0.3 is 14.4 Å². The molecule has 176 valence electrons. The largest absolute Gasteiger partial charge is 0.497 e. The van der Waals surface area contributed by atoms with Gasteiger partial charge in [0.05, 0.1) is 29.7 Å². The molecule has 2 heterocycles. The number of methoxy groups -OCH3 is 1. The summed E-state index contributed by atoms with van der Waals surface area (Å²) in [5.74, 6) is -0.419. The van der Waals surface area contributed by atoms with E-state index in [-0.39, 0.29) is 18.0 Å². The molecule has 0 saturated carbocycles. The number of ether oxygens (including phenoxy) is 1. The number of fused-ring (bicyclic) bond motifs is 2. The average Bonchev–Trinajstić information content (AvgIpc) is 3.30. The van der Waals surface area contributed by atoms with Crippen molar-refractivity contribution in [1.82, 2.24) is 8.87 Å². The van der Waals surface area contributed by atoms with E-state index < -0.39 is 22.0 Å². The van der Waals surface area contributed by atoms with Crippen LogP contribution in [0.2, 0.25) is 0 Å². The fourth-order valence-corrected chi connectivity index (χ4v) is 6.45. The van der Waals surface area contributed by atoms with E-state index in [4.69, 9.17) is 10.00 Å². The highest BCUT2D eigenvalue weighted by Gasteiger charge is 2.44. The van der Waals surface area contributed by atoms with Crippen LogP contribution in [-0.2, 0) is 27.9 Å². The summed E-state index contributed by atoms with van der Waals surface area (Å²) in [6.45, 7) is -0.178. The van der Waals surface area contributed by atoms with E-state index in [1.165, 1.54) is 4.31 Å². The lowest BCUT2D eigenvalue weighted by Gasteiger charge is -2.24. The second-order valence-corrected chi connectivity index (χ2v) is 10.1. The number of aliphatic carboxylic acids is 1. The van der Waals surface area contributed by atoms with Crippen molar-refractivity contribution < 1.29 is 23.1 Å². The van der Waals surface area contributed by atoms with Crippen LogP contribution in [0.3, 0.4) is 0 Å². The number of carbonyl (C=O) groups is 1. The fourth-order valence-electron chi connectivity index (χ4n) is 4.65. The van der Waals surface area contributed by atoms with E-state index in [1.54, 1.807) is 84.6 Å². The Hall–Kier alpha value is -4.13. The van der Waals surface area contributed by atoms with Crippen LogP contribution < -0.4 is 4.74 Å². The lowest BCUT2D eigenvalue weighted by atomic mass is 9.97. The van der Waals surface area contributed by atoms with Gasteiger partial charge in [-0.05, 0) is 47.5 Å². The van der Waals surface area contributed by atoms with Gasteiger partial charge in [0.2, 0.25) is 10.0 Å². The van der Waals surface area contributed by atoms with Gasteiger partial charge in [0.25, 0.3) is 0 Å². The number of hydrogen-bond donors (Lipinski definition) is 1. The molecule has 35 heavy (non-hydrogen) atoms. The standard InChI is InChI=1S/C26H21N3O5S/c1-34-19-10-11-23-21(12-19)22(15-28(23)16-25(30)31)26-20-4-2-3-5-24(20)35(32,33)29(26)14-18-8-6-17(13-27)7-9-18/h2-12,15,26H,14,16H2,1H3,(H,30,31). The van der Waals surface area contributed by atoms with E-state index in [9.17, 15) is 18.3 Å². The van der Waals surface area contributed by atoms with Crippen LogP contribution in [-0.4, -0.2) is 35.5 Å². The molecular weight excluding hydrogens is 466 g/mol. The third-order valence-corrected chi connectivity index (χ3v) is 8.11. The van der Waals surface area contributed by atoms with Crippen LogP contribution in [0.25, 0.3) is 10.9 Å². The lowest BCUT2D eigenvalue weighted by molar-refractivity contribution is -0.137. The summed E-state index contributed by atoms with van der Waals surface area (Å²) in [4.78, 5) is 11.8. The van der Waals surface area contributed by atoms with Crippen molar-refractivity contribution in [2.45, 2.75) is 24.0 Å². The summed E-state index contributed by atoms with van der Waals surface area (Å²) >= 11 is 0. The van der Waals surface area contributed by atoms with Crippen molar-refractivity contribution >= 4 is 26.9 Å². The Kier molecular flexibility index (Phi) is 5.55. The minimum absolute atomic E-state index is 0.0863. The average molecular weight is 488 g/mol. The Morgan fingerprint density at radius 2 is 1.83 bits per heavy atom. The maximum Gasteiger partial charge on any atom is 0.323 e. The lowest BCUT2D eigenvalue weighted by Crippen LogP contribution is -2.28. The number of nitriles is 1. The first-order valence-corrected chi connectivity index (χ1v) is 12.3. The first-order chi connectivity index (χ1) is 16.8. The van der Waals surface area contributed by atoms with Crippen molar-refractivity contribution in [3.8, 4) is 11.8 Å². The Morgan fingerprint density at radius 3 is 2.51 bits per heavy atom. The zero-order valence-corrected chi connectivity index (χ0v) is 19.6. The van der Waals surface area contributed by atoms with Gasteiger partial charge >= 0.3 is 5.97 Å². The van der Waals surface area contributed by atoms with Gasteiger partial charge in [-0.2, -0.15) is 9.57 Å². The number of benzene rings is 3. The second kappa shape index (κ2) is 8.58. The minimum atomic E-state index is -3.84. The predicted octanol–water partition coefficient (Wildman–Crippen LogP) is 3.90. The van der Waals surface area contributed by atoms with E-state index in [0.29, 0.717) is 33.3 Å². The normalized spacial score (nSPS) is 16.6. The number of rotatable bonds is 6. The van der Waals surface area contributed by atoms with Crippen LogP contribution in [0.4, 0.5) is 0 Å². The second-order valence-electron chi connectivity index (χ2n) is 8.29. The third-order valence-electron chi connectivity index (χ3n) is 6.23. The maximum absolute atomic E-state index is 13.7. The van der Waals surface area contributed by atoms with E-state index in [0.717, 1.165) is 5.56 Å². The molecule has 9 heteroatoms. The molecule has 1 N–H and O–H groups in total. The van der Waals surface area contributed by atoms with Gasteiger partial charge in [0, 0.05) is 29.2 Å². The Labute approximate surface area is 202 Å². The summed E-state index contributed by atoms with van der Waals surface area (Å²) in [7, 11) is -2.30. The molecule has 8 nitrogen and oxygen atoms in total. The van der Waals surface area contributed by atoms with E-state index in [2.05, 4.69) is 6.07 Å². The van der Waals surface area contributed by atoms with Crippen LogP contribution in [0.1, 0.15) is 28.3 Å². The molecule has 1 aromatic heterocycles. The van der Waals surface area contributed by atoms with Gasteiger partial charge in [0.15, 0.2) is 0 Å². The number of hydrogen-bond acceptors (Lipinski definition) is 5. The molecule has 0 radical (unpaired) electrons. The highest BCUT2D eigenvalue weighted by molar-refractivity contribution is 7.89. The van der Waals surface area contributed by atoms with Crippen LogP contribution in [0.15, 0.2) is 77.8 Å². The molecule has 1 aliphatic rings. The summed E-state index contributed by atoms with van der Waals surface area (Å²) in [5, 5.41) is 19.3. The Balaban J connectivity index is 1.72. The van der Waals surface area contributed by atoms with Crippen LogP contribution in [0, 0.1) is 11.3 Å². The molecule has 0 aliphatic carbocycles. The summed E-state index contributed by atoms with van der Waals surface area (Å²) in [6.07, 6.45) is 1.71. The van der Waals surface area contributed by atoms with Crippen molar-refractivity contribution in [3.05, 3.63) is 95.2 Å². The van der Waals surface area contributed by atoms with Crippen molar-refractivity contribution in [2.24, 2.45) is 0 Å². The summed E-state index contributed by atoms with van der Waals surface area (Å²) in [6, 6.07) is 20.4. The van der Waals surface area contributed by atoms with Crippen LogP contribution in [0.5, 0.6) is 5.75 Å². The molecule has 5 rings (SSSR count). The van der Waals surface area contributed by atoms with Gasteiger partial charge in [-0.25, -0.2) is 8.42 Å². The van der Waals surface area contributed by atoms with Gasteiger partial charge in [-0.3, -0.25) is 4.79 Å². The molecule has 4 aromatic rings. The summed E-state index contributed by atoms with van der Waals surface area (Å²) < 4.78 is 35.8. The smallest absolute Gasteiger partial charge is 0.323 e. The quantitative estimate of drug-likeness (QED) is 0.441. The third kappa shape index (κ3) is 3.83. The maximum atomic E-state index is 13.7. The number of aromatic nitrogens is 1. The zero-order chi connectivity index (χ0) is 24.7. The van der Waals surface area contributed by atoms with Gasteiger partial charge in [-0.15, -0.1) is 0 Å². The first kappa shape index (κ1) is 22.7. The number of carboxylic acids is 1. The molecule has 0 spiro atoms. The molecule has 3 aromatic carbocycles. The summed E-state index contributed by atoms with van der Waals surface area (Å²) in [5.41, 5.74) is 3.18. The highest BCUT2D eigenvalue weighted by Crippen LogP contribution is 2.46. The molecule has 0 bridgehead atoms. The number of carboxylic acid groups (broad SMARTS) is 1. The fraction of sp³-hybridized carbons (Fsp3) is 0.154. The molecular formula is C26H21N3O5S. The topological polar surface area (TPSA) is 113 Å².